The van der Waals surface area contributed by atoms with Gasteiger partial charge in [0.15, 0.2) is 0 Å². The van der Waals surface area contributed by atoms with Gasteiger partial charge in [0.2, 0.25) is 0 Å². The summed E-state index contributed by atoms with van der Waals surface area (Å²) >= 11 is 0. The lowest BCUT2D eigenvalue weighted by Gasteiger charge is -2.07. The van der Waals surface area contributed by atoms with Gasteiger partial charge in [-0.2, -0.15) is 0 Å². The Kier molecular flexibility index (Phi) is 3.14. The number of aryl methyl sites for hydroxylation is 2. The summed E-state index contributed by atoms with van der Waals surface area (Å²) in [5.41, 5.74) is 2.96. The van der Waals surface area contributed by atoms with E-state index in [0.29, 0.717) is 5.56 Å². The number of nitrogens with one attached hydrogen (secondary N) is 1. The Bertz CT molecular complexity index is 538. The van der Waals surface area contributed by atoms with E-state index in [1.807, 2.05) is 19.9 Å². The second kappa shape index (κ2) is 4.74. The zero-order chi connectivity index (χ0) is 12.3. The fourth-order valence-electron chi connectivity index (χ4n) is 1.56. The third-order valence-corrected chi connectivity index (χ3v) is 2.41. The molecule has 0 aliphatic heterocycles. The summed E-state index contributed by atoms with van der Waals surface area (Å²) < 4.78 is 0. The van der Waals surface area contributed by atoms with Gasteiger partial charge in [0.25, 0.3) is 5.91 Å². The topological polar surface area (TPSA) is 54.9 Å². The summed E-state index contributed by atoms with van der Waals surface area (Å²) in [4.78, 5) is 20.1. The summed E-state index contributed by atoms with van der Waals surface area (Å²) in [6.45, 7) is 3.73. The van der Waals surface area contributed by atoms with E-state index in [9.17, 15) is 4.79 Å². The molecule has 2 aromatic heterocycles. The van der Waals surface area contributed by atoms with Gasteiger partial charge in [0.05, 0.1) is 11.3 Å². The van der Waals surface area contributed by atoms with Gasteiger partial charge < -0.3 is 5.32 Å². The third kappa shape index (κ3) is 2.66. The lowest BCUT2D eigenvalue weighted by atomic mass is 10.1. The molecule has 0 aromatic carbocycles. The number of nitrogens with zero attached hydrogens (tertiary/aromatic N) is 2. The van der Waals surface area contributed by atoms with Gasteiger partial charge in [-0.05, 0) is 38.1 Å². The zero-order valence-corrected chi connectivity index (χ0v) is 9.77. The van der Waals surface area contributed by atoms with Gasteiger partial charge in [-0.1, -0.05) is 0 Å². The molecule has 2 rings (SSSR count). The van der Waals surface area contributed by atoms with Crippen LogP contribution in [0, 0.1) is 13.8 Å². The summed E-state index contributed by atoms with van der Waals surface area (Å²) in [7, 11) is 0. The fraction of sp³-hybridized carbons (Fsp3) is 0.154. The molecule has 0 spiro atoms. The number of carbonyl (C=O) groups is 1. The molecular formula is C13H13N3O. The summed E-state index contributed by atoms with van der Waals surface area (Å²) in [5, 5.41) is 2.80. The summed E-state index contributed by atoms with van der Waals surface area (Å²) in [5.74, 6) is -0.152. The van der Waals surface area contributed by atoms with Gasteiger partial charge in [-0.25, -0.2) is 0 Å². The van der Waals surface area contributed by atoms with Crippen molar-refractivity contribution in [3.05, 3.63) is 53.6 Å². The number of anilines is 1. The van der Waals surface area contributed by atoms with Gasteiger partial charge in [-0.3, -0.25) is 14.8 Å². The highest BCUT2D eigenvalue weighted by molar-refractivity contribution is 6.04. The number of rotatable bonds is 2. The molecule has 1 N–H and O–H groups in total. The van der Waals surface area contributed by atoms with Crippen LogP contribution in [-0.4, -0.2) is 15.9 Å². The van der Waals surface area contributed by atoms with Crippen molar-refractivity contribution in [3.8, 4) is 0 Å². The number of hydrogen-bond donors (Lipinski definition) is 1. The molecule has 17 heavy (non-hydrogen) atoms. The highest BCUT2D eigenvalue weighted by Gasteiger charge is 2.09. The number of hydrogen-bond acceptors (Lipinski definition) is 3. The first-order chi connectivity index (χ1) is 8.16. The molecule has 1 amide bonds. The molecule has 0 aliphatic carbocycles. The van der Waals surface area contributed by atoms with Gasteiger partial charge >= 0.3 is 0 Å². The van der Waals surface area contributed by atoms with Crippen molar-refractivity contribution in [2.24, 2.45) is 0 Å². The minimum Gasteiger partial charge on any atom is -0.322 e. The first-order valence-electron chi connectivity index (χ1n) is 5.32. The maximum absolute atomic E-state index is 12.0. The molecule has 2 aromatic rings. The van der Waals surface area contributed by atoms with Crippen LogP contribution in [-0.2, 0) is 0 Å². The van der Waals surface area contributed by atoms with Crippen LogP contribution in [0.1, 0.15) is 21.7 Å². The number of amides is 1. The molecule has 0 atom stereocenters. The lowest BCUT2D eigenvalue weighted by Crippen LogP contribution is -2.14. The second-order valence-corrected chi connectivity index (χ2v) is 3.78. The zero-order valence-electron chi connectivity index (χ0n) is 9.77. The molecule has 0 saturated carbocycles. The molecular weight excluding hydrogens is 214 g/mol. The van der Waals surface area contributed by atoms with Crippen LogP contribution < -0.4 is 5.32 Å². The highest BCUT2D eigenvalue weighted by atomic mass is 16.1. The number of carbonyl (C=O) groups excluding carboxylic acids is 1. The monoisotopic (exact) mass is 227 g/mol. The van der Waals surface area contributed by atoms with Crippen molar-refractivity contribution in [1.29, 1.82) is 0 Å². The Morgan fingerprint density at radius 2 is 1.82 bits per heavy atom. The summed E-state index contributed by atoms with van der Waals surface area (Å²) in [6.07, 6.45) is 3.27. The maximum atomic E-state index is 12.0. The van der Waals surface area contributed by atoms with Crippen molar-refractivity contribution in [2.75, 3.05) is 5.32 Å². The van der Waals surface area contributed by atoms with E-state index in [1.54, 1.807) is 30.6 Å². The third-order valence-electron chi connectivity index (χ3n) is 2.41. The van der Waals surface area contributed by atoms with Crippen LogP contribution in [0.25, 0.3) is 0 Å². The van der Waals surface area contributed by atoms with E-state index in [4.69, 9.17) is 0 Å². The van der Waals surface area contributed by atoms with Crippen LogP contribution in [0.15, 0.2) is 36.7 Å². The predicted molar refractivity (Wildman–Crippen MR) is 65.9 cm³/mol. The van der Waals surface area contributed by atoms with Gasteiger partial charge in [-0.15, -0.1) is 0 Å². The summed E-state index contributed by atoms with van der Waals surface area (Å²) in [6, 6.07) is 7.10. The van der Waals surface area contributed by atoms with E-state index in [-0.39, 0.29) is 5.91 Å². The van der Waals surface area contributed by atoms with Crippen molar-refractivity contribution in [3.63, 3.8) is 0 Å². The van der Waals surface area contributed by atoms with Crippen LogP contribution in [0.2, 0.25) is 0 Å². The fourth-order valence-corrected chi connectivity index (χ4v) is 1.56. The Balaban J connectivity index is 2.21. The van der Waals surface area contributed by atoms with Crippen LogP contribution in [0.5, 0.6) is 0 Å². The molecule has 0 saturated heterocycles. The molecule has 4 heteroatoms. The largest absolute Gasteiger partial charge is 0.322 e. The molecule has 2 heterocycles. The van der Waals surface area contributed by atoms with Crippen molar-refractivity contribution >= 4 is 11.6 Å². The highest BCUT2D eigenvalue weighted by Crippen LogP contribution is 2.10. The van der Waals surface area contributed by atoms with E-state index < -0.39 is 0 Å². The van der Waals surface area contributed by atoms with Gasteiger partial charge in [0.1, 0.15) is 0 Å². The quantitative estimate of drug-likeness (QED) is 0.856. The number of aromatic nitrogens is 2. The van der Waals surface area contributed by atoms with E-state index in [0.717, 1.165) is 17.1 Å². The average Bonchev–Trinajstić information content (AvgIpc) is 2.30. The van der Waals surface area contributed by atoms with Crippen molar-refractivity contribution < 1.29 is 4.79 Å². The minimum atomic E-state index is -0.152. The minimum absolute atomic E-state index is 0.152. The average molecular weight is 227 g/mol. The maximum Gasteiger partial charge on any atom is 0.257 e. The van der Waals surface area contributed by atoms with E-state index >= 15 is 0 Å². The normalized spacial score (nSPS) is 10.0. The molecule has 0 radical (unpaired) electrons. The second-order valence-electron chi connectivity index (χ2n) is 3.78. The first kappa shape index (κ1) is 11.3. The first-order valence-corrected chi connectivity index (χ1v) is 5.32. The van der Waals surface area contributed by atoms with Gasteiger partial charge in [0, 0.05) is 23.8 Å². The Hall–Kier alpha value is -2.23. The van der Waals surface area contributed by atoms with Crippen molar-refractivity contribution in [1.82, 2.24) is 9.97 Å². The predicted octanol–water partition coefficient (Wildman–Crippen LogP) is 2.35. The van der Waals surface area contributed by atoms with E-state index in [2.05, 4.69) is 15.3 Å². The lowest BCUT2D eigenvalue weighted by molar-refractivity contribution is 0.102. The molecule has 0 bridgehead atoms. The molecule has 0 aliphatic rings. The van der Waals surface area contributed by atoms with Crippen LogP contribution in [0.4, 0.5) is 5.69 Å². The molecule has 0 unspecified atom stereocenters. The molecule has 0 fully saturated rings. The van der Waals surface area contributed by atoms with Crippen molar-refractivity contribution in [2.45, 2.75) is 13.8 Å². The van der Waals surface area contributed by atoms with Crippen LogP contribution in [0.3, 0.4) is 0 Å². The Labute approximate surface area is 99.7 Å². The Morgan fingerprint density at radius 3 is 2.47 bits per heavy atom. The van der Waals surface area contributed by atoms with E-state index in [1.165, 1.54) is 0 Å². The SMILES string of the molecule is Cc1ccc(C(=O)Nc2ccncc2)c(C)n1. The Morgan fingerprint density at radius 1 is 1.12 bits per heavy atom. The molecule has 4 nitrogen and oxygen atoms in total. The number of pyridine rings is 2. The smallest absolute Gasteiger partial charge is 0.257 e. The molecule has 86 valence electrons. The van der Waals surface area contributed by atoms with Crippen LogP contribution >= 0.6 is 0 Å². The standard InChI is InChI=1S/C13H13N3O/c1-9-3-4-12(10(2)15-9)13(17)16-11-5-7-14-8-6-11/h3-8H,1-2H3,(H,14,16,17).